The summed E-state index contributed by atoms with van der Waals surface area (Å²) in [6.45, 7) is 2.64. The maximum atomic E-state index is 17.0. The van der Waals surface area contributed by atoms with Crippen molar-refractivity contribution < 1.29 is 28.7 Å². The van der Waals surface area contributed by atoms with Gasteiger partial charge in [-0.1, -0.05) is 30.2 Å². The summed E-state index contributed by atoms with van der Waals surface area (Å²) in [6, 6.07) is 8.62. The summed E-state index contributed by atoms with van der Waals surface area (Å²) in [5.41, 5.74) is -3.01. The summed E-state index contributed by atoms with van der Waals surface area (Å²) in [4.78, 5) is 22.8. The number of nitro groups is 1. The van der Waals surface area contributed by atoms with Gasteiger partial charge in [-0.25, -0.2) is 8.78 Å². The number of halogens is 2. The molecule has 9 nitrogen and oxygen atoms in total. The van der Waals surface area contributed by atoms with Gasteiger partial charge in [0.2, 0.25) is 0 Å². The molecule has 11 heteroatoms. The molecule has 0 amide bonds. The van der Waals surface area contributed by atoms with Crippen molar-refractivity contribution in [1.82, 2.24) is 9.97 Å². The third kappa shape index (κ3) is 5.10. The molecule has 1 unspecified atom stereocenters. The molecule has 3 aromatic carbocycles. The molecule has 3 saturated carbocycles. The van der Waals surface area contributed by atoms with Crippen LogP contribution in [0, 0.1) is 39.5 Å². The van der Waals surface area contributed by atoms with Crippen molar-refractivity contribution in [3.05, 3.63) is 63.7 Å². The van der Waals surface area contributed by atoms with Gasteiger partial charge in [-0.15, -0.1) is 6.42 Å². The first kappa shape index (κ1) is 30.3. The number of nitrogens with zero attached hydrogens (tertiary/aromatic N) is 4. The topological polar surface area (TPSA) is 122 Å². The maximum Gasteiger partial charge on any atom is 0.319 e. The molecule has 2 N–H and O–H groups in total. The van der Waals surface area contributed by atoms with Crippen LogP contribution in [-0.4, -0.2) is 56.0 Å². The van der Waals surface area contributed by atoms with Gasteiger partial charge in [0.25, 0.3) is 5.69 Å². The Labute approximate surface area is 264 Å². The first-order chi connectivity index (χ1) is 21.9. The predicted octanol–water partition coefficient (Wildman–Crippen LogP) is 6.43. The quantitative estimate of drug-likeness (QED) is 0.142. The van der Waals surface area contributed by atoms with Crippen molar-refractivity contribution in [3.8, 4) is 29.5 Å². The number of benzene rings is 3. The van der Waals surface area contributed by atoms with Crippen LogP contribution < -0.4 is 9.64 Å². The molecule has 4 fully saturated rings. The lowest BCUT2D eigenvalue weighted by Crippen LogP contribution is -2.48. The number of nitro benzene ring substituents is 1. The minimum atomic E-state index is -1.06. The predicted molar refractivity (Wildman–Crippen MR) is 170 cm³/mol. The Morgan fingerprint density at radius 3 is 2.50 bits per heavy atom. The Hall–Kier alpha value is -4.40. The van der Waals surface area contributed by atoms with Gasteiger partial charge in [0.05, 0.1) is 39.2 Å². The highest BCUT2D eigenvalue weighted by atomic mass is 19.1. The lowest BCUT2D eigenvalue weighted by molar-refractivity contribution is -0.384. The van der Waals surface area contributed by atoms with E-state index < -0.39 is 33.4 Å². The van der Waals surface area contributed by atoms with Gasteiger partial charge in [-0.05, 0) is 69.7 Å². The first-order valence-corrected chi connectivity index (χ1v) is 15.6. The number of anilines is 1. The second kappa shape index (κ2) is 10.9. The molecular weight excluding hydrogens is 594 g/mol. The monoisotopic (exact) mass is 628 g/mol. The average molecular weight is 629 g/mol. The van der Waals surface area contributed by atoms with E-state index in [1.807, 2.05) is 0 Å². The first-order valence-electron chi connectivity index (χ1n) is 15.6. The minimum Gasteiger partial charge on any atom is -0.463 e. The highest BCUT2D eigenvalue weighted by molar-refractivity contribution is 6.06. The molecule has 8 rings (SSSR count). The fourth-order valence-corrected chi connectivity index (χ4v) is 7.67. The second-order valence-electron chi connectivity index (χ2n) is 13.6. The fourth-order valence-electron chi connectivity index (χ4n) is 7.67. The Kier molecular flexibility index (Phi) is 7.14. The molecular formula is C35H34F2N4O5. The van der Waals surface area contributed by atoms with Gasteiger partial charge in [0.15, 0.2) is 5.82 Å². The molecule has 46 heavy (non-hydrogen) atoms. The van der Waals surface area contributed by atoms with Crippen LogP contribution in [0.2, 0.25) is 0 Å². The summed E-state index contributed by atoms with van der Waals surface area (Å²) in [6.07, 6.45) is 11.3. The summed E-state index contributed by atoms with van der Waals surface area (Å²) >= 11 is 0. The van der Waals surface area contributed by atoms with Gasteiger partial charge < -0.3 is 19.8 Å². The Morgan fingerprint density at radius 2 is 1.83 bits per heavy atom. The van der Waals surface area contributed by atoms with Crippen LogP contribution in [0.15, 0.2) is 36.4 Å². The molecule has 4 aliphatic rings. The molecule has 2 bridgehead atoms. The van der Waals surface area contributed by atoms with Crippen LogP contribution in [0.25, 0.3) is 32.8 Å². The van der Waals surface area contributed by atoms with Crippen LogP contribution in [0.3, 0.4) is 0 Å². The van der Waals surface area contributed by atoms with E-state index in [-0.39, 0.29) is 63.4 Å². The SMILES string of the molecule is C#Cc1c(F)ccc2cccc(-c3c([N+](=O)[O-])cc4c(N5CCCC(C)(O)C5)nc(OCC56CCC(O)(CC5)CC6)nc4c3F)c12. The lowest BCUT2D eigenvalue weighted by atomic mass is 9.59. The van der Waals surface area contributed by atoms with E-state index in [2.05, 4.69) is 15.9 Å². The third-order valence-corrected chi connectivity index (χ3v) is 10.3. The van der Waals surface area contributed by atoms with Crippen molar-refractivity contribution in [1.29, 1.82) is 0 Å². The molecule has 3 aliphatic carbocycles. The number of piperidine rings is 1. The third-order valence-electron chi connectivity index (χ3n) is 10.3. The van der Waals surface area contributed by atoms with Crippen LogP contribution in [0.4, 0.5) is 20.3 Å². The number of aliphatic hydroxyl groups is 2. The van der Waals surface area contributed by atoms with E-state index >= 15 is 4.39 Å². The summed E-state index contributed by atoms with van der Waals surface area (Å²) in [7, 11) is 0. The van der Waals surface area contributed by atoms with E-state index in [9.17, 15) is 24.7 Å². The van der Waals surface area contributed by atoms with Gasteiger partial charge in [0, 0.05) is 35.5 Å². The van der Waals surface area contributed by atoms with Crippen LogP contribution in [0.1, 0.15) is 63.9 Å². The van der Waals surface area contributed by atoms with Gasteiger partial charge in [-0.2, -0.15) is 9.97 Å². The standard InChI is InChI=1S/C35H34F2N4O5/c1-3-22-25(36)9-8-21-6-4-7-23(27(21)22)28-26(41(44)45)18-24-30(29(28)37)38-32(39-31(24)40-17-5-10-33(2,42)19-40)46-20-34-11-14-35(43,15-12-34)16-13-34/h1,4,6-9,18,42-43H,5,10-17,19-20H2,2H3. The van der Waals surface area contributed by atoms with Crippen molar-refractivity contribution >= 4 is 33.2 Å². The zero-order valence-electron chi connectivity index (χ0n) is 25.5. The van der Waals surface area contributed by atoms with Crippen LogP contribution >= 0.6 is 0 Å². The number of β-amino-alcohol motifs (C(OH)–C–C–N with tert-alkyl or cyclic N) is 1. The van der Waals surface area contributed by atoms with Crippen molar-refractivity contribution in [2.45, 2.75) is 69.5 Å². The molecule has 1 atom stereocenters. The van der Waals surface area contributed by atoms with E-state index in [1.165, 1.54) is 24.3 Å². The summed E-state index contributed by atoms with van der Waals surface area (Å²) < 4.78 is 38.1. The highest BCUT2D eigenvalue weighted by Crippen LogP contribution is 2.52. The molecule has 1 aromatic heterocycles. The van der Waals surface area contributed by atoms with E-state index in [1.54, 1.807) is 24.0 Å². The van der Waals surface area contributed by atoms with E-state index in [0.717, 1.165) is 19.3 Å². The van der Waals surface area contributed by atoms with Crippen molar-refractivity contribution in [2.75, 3.05) is 24.6 Å². The molecule has 1 saturated heterocycles. The lowest BCUT2D eigenvalue weighted by Gasteiger charge is -2.50. The number of rotatable bonds is 6. The minimum absolute atomic E-state index is 0.0652. The average Bonchev–Trinajstić information content (AvgIpc) is 3.03. The molecule has 4 aromatic rings. The Morgan fingerprint density at radius 1 is 1.09 bits per heavy atom. The molecule has 2 heterocycles. The molecule has 0 spiro atoms. The van der Waals surface area contributed by atoms with Crippen LogP contribution in [0.5, 0.6) is 6.01 Å². The Balaban J connectivity index is 1.43. The largest absolute Gasteiger partial charge is 0.463 e. The van der Waals surface area contributed by atoms with Crippen molar-refractivity contribution in [2.24, 2.45) is 5.41 Å². The van der Waals surface area contributed by atoms with Gasteiger partial charge in [0.1, 0.15) is 17.2 Å². The molecule has 1 aliphatic heterocycles. The number of ether oxygens (including phenoxy) is 1. The molecule has 0 radical (unpaired) electrons. The molecule has 238 valence electrons. The summed E-state index contributed by atoms with van der Waals surface area (Å²) in [5.74, 6) is 0.861. The smallest absolute Gasteiger partial charge is 0.319 e. The number of fused-ring (bicyclic) bond motifs is 5. The Bertz CT molecular complexity index is 1930. The number of terminal acetylenes is 1. The fraction of sp³-hybridized carbons (Fsp3) is 0.429. The van der Waals surface area contributed by atoms with Gasteiger partial charge >= 0.3 is 6.01 Å². The van der Waals surface area contributed by atoms with Gasteiger partial charge in [-0.3, -0.25) is 10.1 Å². The van der Waals surface area contributed by atoms with Crippen LogP contribution in [-0.2, 0) is 0 Å². The highest BCUT2D eigenvalue weighted by Gasteiger charge is 2.48. The number of hydrogen-bond acceptors (Lipinski definition) is 8. The normalized spacial score (nSPS) is 26.0. The number of hydrogen-bond donors (Lipinski definition) is 2. The zero-order valence-corrected chi connectivity index (χ0v) is 25.5. The van der Waals surface area contributed by atoms with Crippen molar-refractivity contribution in [3.63, 3.8) is 0 Å². The number of aromatic nitrogens is 2. The zero-order chi connectivity index (χ0) is 32.4. The second-order valence-corrected chi connectivity index (χ2v) is 13.6. The van der Waals surface area contributed by atoms with E-state index in [4.69, 9.17) is 11.2 Å². The summed E-state index contributed by atoms with van der Waals surface area (Å²) in [5, 5.41) is 34.9. The maximum absolute atomic E-state index is 17.0. The van der Waals surface area contributed by atoms with E-state index in [0.29, 0.717) is 44.0 Å².